The maximum absolute atomic E-state index is 12.0. The number of esters is 1. The summed E-state index contributed by atoms with van der Waals surface area (Å²) in [7, 11) is 1.78. The molecule has 1 saturated heterocycles. The van der Waals surface area contributed by atoms with Gasteiger partial charge in [0.1, 0.15) is 9.88 Å². The number of likely N-dealkylation sites (tertiary alicyclic amines) is 1. The molecule has 7 nitrogen and oxygen atoms in total. The lowest BCUT2D eigenvalue weighted by molar-refractivity contribution is 0.0531. The lowest BCUT2D eigenvalue weighted by Crippen LogP contribution is -2.49. The summed E-state index contributed by atoms with van der Waals surface area (Å²) in [6.07, 6.45) is 3.81. The molecule has 0 saturated carbocycles. The molecule has 0 bridgehead atoms. The minimum atomic E-state index is -0.301. The molecule has 1 aliphatic heterocycles. The van der Waals surface area contributed by atoms with E-state index in [1.54, 1.807) is 14.0 Å². The number of rotatable bonds is 7. The van der Waals surface area contributed by atoms with E-state index < -0.39 is 0 Å². The van der Waals surface area contributed by atoms with E-state index in [1.807, 2.05) is 13.8 Å². The lowest BCUT2D eigenvalue weighted by atomic mass is 10.0. The van der Waals surface area contributed by atoms with E-state index in [9.17, 15) is 4.79 Å². The SMILES string of the molecule is CCOC(=O)c1sc(C(C)NC(=NC)NCC2CCCCN2CC)nc1C. The average Bonchev–Trinajstić information content (AvgIpc) is 3.07. The second-order valence-electron chi connectivity index (χ2n) is 6.78. The predicted octanol–water partition coefficient (Wildman–Crippen LogP) is 2.73. The fraction of sp³-hybridized carbons (Fsp3) is 0.737. The van der Waals surface area contributed by atoms with Crippen molar-refractivity contribution < 1.29 is 9.53 Å². The van der Waals surface area contributed by atoms with Crippen LogP contribution in [0, 0.1) is 6.92 Å². The Hall–Kier alpha value is -1.67. The van der Waals surface area contributed by atoms with Gasteiger partial charge in [-0.25, -0.2) is 9.78 Å². The Kier molecular flexibility index (Phi) is 8.50. The number of hydrogen-bond donors (Lipinski definition) is 2. The van der Waals surface area contributed by atoms with Gasteiger partial charge in [0.25, 0.3) is 0 Å². The molecule has 2 heterocycles. The van der Waals surface area contributed by atoms with Crippen LogP contribution in [0.1, 0.15) is 66.4 Å². The van der Waals surface area contributed by atoms with Crippen molar-refractivity contribution in [3.63, 3.8) is 0 Å². The first-order valence-corrected chi connectivity index (χ1v) is 10.7. The molecule has 0 aliphatic carbocycles. The van der Waals surface area contributed by atoms with Crippen molar-refractivity contribution in [3.05, 3.63) is 15.6 Å². The number of carbonyl (C=O) groups excluding carboxylic acids is 1. The number of carbonyl (C=O) groups is 1. The summed E-state index contributed by atoms with van der Waals surface area (Å²) in [5.74, 6) is 0.458. The van der Waals surface area contributed by atoms with Crippen LogP contribution >= 0.6 is 11.3 Å². The van der Waals surface area contributed by atoms with Crippen LogP contribution < -0.4 is 10.6 Å². The van der Waals surface area contributed by atoms with Crippen molar-refractivity contribution in [2.24, 2.45) is 4.99 Å². The van der Waals surface area contributed by atoms with Gasteiger partial charge in [-0.15, -0.1) is 11.3 Å². The monoisotopic (exact) mass is 395 g/mol. The van der Waals surface area contributed by atoms with Gasteiger partial charge in [-0.1, -0.05) is 13.3 Å². The zero-order valence-electron chi connectivity index (χ0n) is 17.2. The highest BCUT2D eigenvalue weighted by Gasteiger charge is 2.22. The summed E-state index contributed by atoms with van der Waals surface area (Å²) in [5, 5.41) is 7.69. The first kappa shape index (κ1) is 21.6. The van der Waals surface area contributed by atoms with Gasteiger partial charge in [-0.05, 0) is 46.7 Å². The normalized spacial score (nSPS) is 19.6. The van der Waals surface area contributed by atoms with Gasteiger partial charge in [0.15, 0.2) is 5.96 Å². The fourth-order valence-corrected chi connectivity index (χ4v) is 4.33. The minimum absolute atomic E-state index is 0.0447. The van der Waals surface area contributed by atoms with Crippen molar-refractivity contribution in [3.8, 4) is 0 Å². The lowest BCUT2D eigenvalue weighted by Gasteiger charge is -2.35. The zero-order valence-corrected chi connectivity index (χ0v) is 18.0. The molecule has 27 heavy (non-hydrogen) atoms. The van der Waals surface area contributed by atoms with E-state index in [0.717, 1.165) is 24.1 Å². The predicted molar refractivity (Wildman–Crippen MR) is 111 cm³/mol. The Morgan fingerprint density at radius 1 is 1.44 bits per heavy atom. The van der Waals surface area contributed by atoms with Crippen LogP contribution in [0.4, 0.5) is 0 Å². The molecular formula is C19H33N5O2S. The van der Waals surface area contributed by atoms with Gasteiger partial charge in [-0.3, -0.25) is 9.89 Å². The molecule has 152 valence electrons. The van der Waals surface area contributed by atoms with Gasteiger partial charge in [0, 0.05) is 19.6 Å². The van der Waals surface area contributed by atoms with E-state index in [2.05, 4.69) is 32.4 Å². The smallest absolute Gasteiger partial charge is 0.350 e. The Bertz CT molecular complexity index is 646. The molecule has 0 radical (unpaired) electrons. The van der Waals surface area contributed by atoms with Gasteiger partial charge in [0.05, 0.1) is 18.3 Å². The number of aliphatic imine (C=N–C) groups is 1. The zero-order chi connectivity index (χ0) is 19.8. The Balaban J connectivity index is 1.94. The second kappa shape index (κ2) is 10.6. The number of piperidine rings is 1. The number of ether oxygens (including phenoxy) is 1. The molecule has 1 aliphatic rings. The number of nitrogens with zero attached hydrogens (tertiary/aromatic N) is 3. The topological polar surface area (TPSA) is 78.8 Å². The number of thiazole rings is 1. The maximum atomic E-state index is 12.0. The Morgan fingerprint density at radius 2 is 2.22 bits per heavy atom. The highest BCUT2D eigenvalue weighted by molar-refractivity contribution is 7.13. The number of nitrogens with one attached hydrogen (secondary N) is 2. The number of likely N-dealkylation sites (N-methyl/N-ethyl adjacent to an activating group) is 1. The number of aromatic nitrogens is 1. The molecule has 1 aromatic heterocycles. The molecule has 2 rings (SSSR count). The third-order valence-electron chi connectivity index (χ3n) is 4.88. The summed E-state index contributed by atoms with van der Waals surface area (Å²) in [5.41, 5.74) is 0.714. The summed E-state index contributed by atoms with van der Waals surface area (Å²) < 4.78 is 5.10. The Morgan fingerprint density at radius 3 is 2.89 bits per heavy atom. The van der Waals surface area contributed by atoms with E-state index in [1.165, 1.54) is 37.1 Å². The summed E-state index contributed by atoms with van der Waals surface area (Å²) in [4.78, 5) is 24.0. The molecule has 2 unspecified atom stereocenters. The first-order valence-electron chi connectivity index (χ1n) is 9.85. The molecule has 2 N–H and O–H groups in total. The molecule has 8 heteroatoms. The third-order valence-corrected chi connectivity index (χ3v) is 6.20. The van der Waals surface area contributed by atoms with Crippen molar-refractivity contribution in [2.75, 3.05) is 33.3 Å². The van der Waals surface area contributed by atoms with E-state index in [4.69, 9.17) is 4.74 Å². The van der Waals surface area contributed by atoms with Crippen LogP contribution in [0.5, 0.6) is 0 Å². The summed E-state index contributed by atoms with van der Waals surface area (Å²) in [6, 6.07) is 0.506. The molecular weight excluding hydrogens is 362 g/mol. The van der Waals surface area contributed by atoms with Gasteiger partial charge < -0.3 is 15.4 Å². The summed E-state index contributed by atoms with van der Waals surface area (Å²) in [6.45, 7) is 11.4. The van der Waals surface area contributed by atoms with E-state index in [-0.39, 0.29) is 12.0 Å². The van der Waals surface area contributed by atoms with Gasteiger partial charge in [0.2, 0.25) is 0 Å². The fourth-order valence-electron chi connectivity index (χ4n) is 3.37. The first-order chi connectivity index (χ1) is 13.0. The highest BCUT2D eigenvalue weighted by atomic mass is 32.1. The molecule has 1 aromatic rings. The van der Waals surface area contributed by atoms with Crippen LogP contribution in [-0.4, -0.2) is 61.1 Å². The van der Waals surface area contributed by atoms with Crippen molar-refractivity contribution in [2.45, 2.75) is 59.0 Å². The summed E-state index contributed by atoms with van der Waals surface area (Å²) >= 11 is 1.38. The quantitative estimate of drug-likeness (QED) is 0.420. The van der Waals surface area contributed by atoms with Gasteiger partial charge >= 0.3 is 5.97 Å². The van der Waals surface area contributed by atoms with Crippen LogP contribution in [0.15, 0.2) is 4.99 Å². The van der Waals surface area contributed by atoms with Crippen molar-refractivity contribution in [1.82, 2.24) is 20.5 Å². The minimum Gasteiger partial charge on any atom is -0.462 e. The molecule has 1 fully saturated rings. The van der Waals surface area contributed by atoms with Crippen molar-refractivity contribution >= 4 is 23.3 Å². The largest absolute Gasteiger partial charge is 0.462 e. The third kappa shape index (κ3) is 5.90. The number of hydrogen-bond acceptors (Lipinski definition) is 6. The standard InChI is InChI=1S/C19H33N5O2S/c1-6-24-11-9-8-10-15(24)12-21-19(20-5)23-14(4)17-22-13(3)16(27-17)18(25)26-7-2/h14-15H,6-12H2,1-5H3,(H2,20,21,23). The number of guanidine groups is 1. The van der Waals surface area contributed by atoms with Crippen LogP contribution in [0.25, 0.3) is 0 Å². The van der Waals surface area contributed by atoms with Crippen LogP contribution in [0.2, 0.25) is 0 Å². The van der Waals surface area contributed by atoms with E-state index >= 15 is 0 Å². The highest BCUT2D eigenvalue weighted by Crippen LogP contribution is 2.24. The molecule has 0 aromatic carbocycles. The molecule has 0 amide bonds. The van der Waals surface area contributed by atoms with Gasteiger partial charge in [-0.2, -0.15) is 0 Å². The Labute approximate surface area is 166 Å². The molecule has 0 spiro atoms. The maximum Gasteiger partial charge on any atom is 0.350 e. The van der Waals surface area contributed by atoms with Crippen LogP contribution in [-0.2, 0) is 4.74 Å². The number of aryl methyl sites for hydroxylation is 1. The second-order valence-corrected chi connectivity index (χ2v) is 7.82. The van der Waals surface area contributed by atoms with Crippen molar-refractivity contribution in [1.29, 1.82) is 0 Å². The van der Waals surface area contributed by atoms with Crippen LogP contribution in [0.3, 0.4) is 0 Å². The molecule has 2 atom stereocenters. The van der Waals surface area contributed by atoms with E-state index in [0.29, 0.717) is 23.2 Å². The average molecular weight is 396 g/mol.